The van der Waals surface area contributed by atoms with Crippen molar-refractivity contribution in [2.45, 2.75) is 10.3 Å². The van der Waals surface area contributed by atoms with Crippen molar-refractivity contribution >= 4 is 32.3 Å². The van der Waals surface area contributed by atoms with Crippen LogP contribution in [0, 0.1) is 5.82 Å². The maximum absolute atomic E-state index is 15.0. The van der Waals surface area contributed by atoms with Gasteiger partial charge >= 0.3 is 0 Å². The minimum absolute atomic E-state index is 0.237. The van der Waals surface area contributed by atoms with Crippen molar-refractivity contribution in [1.82, 2.24) is 4.98 Å². The number of pyridine rings is 1. The van der Waals surface area contributed by atoms with Gasteiger partial charge in [-0.1, -0.05) is 18.2 Å². The van der Waals surface area contributed by atoms with E-state index >= 15 is 0 Å². The van der Waals surface area contributed by atoms with Crippen LogP contribution in [0.25, 0.3) is 10.9 Å². The zero-order chi connectivity index (χ0) is 25.9. The highest BCUT2D eigenvalue weighted by atomic mass is 32.2. The Kier molecular flexibility index (Phi) is 7.04. The van der Waals surface area contributed by atoms with E-state index in [-0.39, 0.29) is 11.5 Å². The van der Waals surface area contributed by atoms with Crippen molar-refractivity contribution in [1.29, 1.82) is 0 Å². The standard InChI is InChI=1S/C25H22FN3O6S/c1-33-22-13-17-19(14-23(22)34-2)28-11-10-20(17)35-21-9-8-16(12-18(21)26)36(31,32)24(27)25(30)29-15-6-4-3-5-7-15/h3-14,24H,27H2,1-2H3,(H,29,30)/t24-/m0/s1. The highest BCUT2D eigenvalue weighted by molar-refractivity contribution is 7.92. The fourth-order valence-corrected chi connectivity index (χ4v) is 4.58. The number of carbonyl (C=O) groups is 1. The molecule has 0 saturated heterocycles. The lowest BCUT2D eigenvalue weighted by molar-refractivity contribution is -0.115. The largest absolute Gasteiger partial charge is 0.493 e. The summed E-state index contributed by atoms with van der Waals surface area (Å²) in [6.07, 6.45) is 1.48. The monoisotopic (exact) mass is 511 g/mol. The van der Waals surface area contributed by atoms with Gasteiger partial charge < -0.3 is 25.3 Å². The van der Waals surface area contributed by atoms with Crippen LogP contribution in [0.15, 0.2) is 77.8 Å². The number of halogens is 1. The molecule has 1 aromatic heterocycles. The number of amides is 1. The normalized spacial score (nSPS) is 12.1. The first-order valence-corrected chi connectivity index (χ1v) is 12.1. The molecule has 0 aliphatic carbocycles. The molecule has 3 N–H and O–H groups in total. The molecular weight excluding hydrogens is 489 g/mol. The van der Waals surface area contributed by atoms with Crippen LogP contribution < -0.4 is 25.3 Å². The van der Waals surface area contributed by atoms with Gasteiger partial charge in [0.2, 0.25) is 9.84 Å². The van der Waals surface area contributed by atoms with Gasteiger partial charge in [-0.05, 0) is 42.5 Å². The van der Waals surface area contributed by atoms with Crippen LogP contribution in [-0.4, -0.2) is 38.9 Å². The van der Waals surface area contributed by atoms with Crippen LogP contribution in [-0.2, 0) is 14.6 Å². The number of fused-ring (bicyclic) bond motifs is 1. The third-order valence-corrected chi connectivity index (χ3v) is 7.09. The van der Waals surface area contributed by atoms with E-state index in [0.717, 1.165) is 18.2 Å². The molecular formula is C25H22FN3O6S. The van der Waals surface area contributed by atoms with Gasteiger partial charge in [-0.3, -0.25) is 9.78 Å². The quantitative estimate of drug-likeness (QED) is 0.365. The lowest BCUT2D eigenvalue weighted by Crippen LogP contribution is -2.42. The van der Waals surface area contributed by atoms with Crippen LogP contribution in [0.5, 0.6) is 23.0 Å². The Morgan fingerprint density at radius 2 is 1.64 bits per heavy atom. The molecule has 0 aliphatic heterocycles. The molecule has 186 valence electrons. The van der Waals surface area contributed by atoms with E-state index in [1.807, 2.05) is 0 Å². The lowest BCUT2D eigenvalue weighted by atomic mass is 10.2. The molecule has 1 atom stereocenters. The Hall–Kier alpha value is -4.22. The predicted molar refractivity (Wildman–Crippen MR) is 132 cm³/mol. The molecule has 0 bridgehead atoms. The van der Waals surface area contributed by atoms with Crippen LogP contribution in [0.2, 0.25) is 0 Å². The molecule has 3 aromatic carbocycles. The van der Waals surface area contributed by atoms with Gasteiger partial charge in [0.05, 0.1) is 24.6 Å². The van der Waals surface area contributed by atoms with E-state index in [1.165, 1.54) is 26.5 Å². The summed E-state index contributed by atoms with van der Waals surface area (Å²) in [5.74, 6) is -1.00. The van der Waals surface area contributed by atoms with Gasteiger partial charge in [-0.15, -0.1) is 0 Å². The Morgan fingerprint density at radius 3 is 2.31 bits per heavy atom. The minimum Gasteiger partial charge on any atom is -0.493 e. The van der Waals surface area contributed by atoms with Crippen LogP contribution >= 0.6 is 0 Å². The van der Waals surface area contributed by atoms with Crippen molar-refractivity contribution in [2.24, 2.45) is 5.73 Å². The summed E-state index contributed by atoms with van der Waals surface area (Å²) in [6.45, 7) is 0. The van der Waals surface area contributed by atoms with E-state index in [4.69, 9.17) is 19.9 Å². The van der Waals surface area contributed by atoms with Crippen LogP contribution in [0.4, 0.5) is 10.1 Å². The Bertz CT molecular complexity index is 1530. The molecule has 9 nitrogen and oxygen atoms in total. The average molecular weight is 512 g/mol. The number of nitrogens with two attached hydrogens (primary N) is 1. The molecule has 0 saturated carbocycles. The maximum atomic E-state index is 15.0. The van der Waals surface area contributed by atoms with E-state index < -0.39 is 31.8 Å². The van der Waals surface area contributed by atoms with Gasteiger partial charge in [-0.2, -0.15) is 0 Å². The predicted octanol–water partition coefficient (Wildman–Crippen LogP) is 3.88. The summed E-state index contributed by atoms with van der Waals surface area (Å²) in [4.78, 5) is 16.2. The maximum Gasteiger partial charge on any atom is 0.257 e. The molecule has 11 heteroatoms. The van der Waals surface area contributed by atoms with Crippen molar-refractivity contribution in [3.8, 4) is 23.0 Å². The van der Waals surface area contributed by atoms with E-state index in [2.05, 4.69) is 10.3 Å². The first-order chi connectivity index (χ1) is 17.2. The Balaban J connectivity index is 1.60. The second-order valence-corrected chi connectivity index (χ2v) is 9.62. The fourth-order valence-electron chi connectivity index (χ4n) is 3.42. The number of nitrogens with one attached hydrogen (secondary N) is 1. The number of rotatable bonds is 8. The average Bonchev–Trinajstić information content (AvgIpc) is 2.89. The summed E-state index contributed by atoms with van der Waals surface area (Å²) < 4.78 is 57.0. The molecule has 0 unspecified atom stereocenters. The second kappa shape index (κ2) is 10.2. The van der Waals surface area contributed by atoms with Crippen LogP contribution in [0.1, 0.15) is 0 Å². The third kappa shape index (κ3) is 4.92. The van der Waals surface area contributed by atoms with Crippen molar-refractivity contribution < 1.29 is 31.8 Å². The zero-order valence-electron chi connectivity index (χ0n) is 19.3. The Labute approximate surface area is 206 Å². The summed E-state index contributed by atoms with van der Waals surface area (Å²) in [5, 5.41) is 0.995. The number of hydrogen-bond acceptors (Lipinski definition) is 8. The van der Waals surface area contributed by atoms with E-state index in [0.29, 0.717) is 28.1 Å². The fraction of sp³-hybridized carbons (Fsp3) is 0.120. The number of para-hydroxylation sites is 1. The number of sulfone groups is 1. The molecule has 1 heterocycles. The second-order valence-electron chi connectivity index (χ2n) is 7.55. The third-order valence-electron chi connectivity index (χ3n) is 5.29. The molecule has 0 fully saturated rings. The number of benzene rings is 3. The van der Waals surface area contributed by atoms with Crippen LogP contribution in [0.3, 0.4) is 0 Å². The molecule has 36 heavy (non-hydrogen) atoms. The minimum atomic E-state index is -4.39. The number of nitrogens with zero attached hydrogens (tertiary/aromatic N) is 1. The van der Waals surface area contributed by atoms with E-state index in [9.17, 15) is 17.6 Å². The molecule has 0 aliphatic rings. The molecule has 4 aromatic rings. The first kappa shape index (κ1) is 24.9. The van der Waals surface area contributed by atoms with Gasteiger partial charge in [0.25, 0.3) is 5.91 Å². The van der Waals surface area contributed by atoms with Gasteiger partial charge in [0, 0.05) is 23.3 Å². The van der Waals surface area contributed by atoms with Gasteiger partial charge in [0.15, 0.2) is 28.4 Å². The molecule has 0 radical (unpaired) electrons. The number of anilines is 1. The van der Waals surface area contributed by atoms with Crippen molar-refractivity contribution in [3.63, 3.8) is 0 Å². The number of carbonyl (C=O) groups excluding carboxylic acids is 1. The zero-order valence-corrected chi connectivity index (χ0v) is 20.1. The lowest BCUT2D eigenvalue weighted by Gasteiger charge is -2.15. The summed E-state index contributed by atoms with van der Waals surface area (Å²) in [5.41, 5.74) is 6.61. The summed E-state index contributed by atoms with van der Waals surface area (Å²) >= 11 is 0. The highest BCUT2D eigenvalue weighted by Crippen LogP contribution is 2.37. The SMILES string of the molecule is COc1cc2nccc(Oc3ccc(S(=O)(=O)[C@H](N)C(=O)Nc4ccccc4)cc3F)c2cc1OC. The number of methoxy groups -OCH3 is 2. The molecule has 1 amide bonds. The van der Waals surface area contributed by atoms with Gasteiger partial charge in [-0.25, -0.2) is 12.8 Å². The smallest absolute Gasteiger partial charge is 0.257 e. The van der Waals surface area contributed by atoms with Crippen molar-refractivity contribution in [2.75, 3.05) is 19.5 Å². The Morgan fingerprint density at radius 1 is 0.944 bits per heavy atom. The summed E-state index contributed by atoms with van der Waals surface area (Å²) in [7, 11) is -1.42. The molecule has 4 rings (SSSR count). The highest BCUT2D eigenvalue weighted by Gasteiger charge is 2.31. The number of aromatic nitrogens is 1. The topological polar surface area (TPSA) is 130 Å². The van der Waals surface area contributed by atoms with Gasteiger partial charge in [0.1, 0.15) is 5.75 Å². The van der Waals surface area contributed by atoms with Crippen molar-refractivity contribution in [3.05, 3.63) is 78.7 Å². The number of hydrogen-bond donors (Lipinski definition) is 2. The van der Waals surface area contributed by atoms with E-state index in [1.54, 1.807) is 42.5 Å². The number of ether oxygens (including phenoxy) is 3. The first-order valence-electron chi connectivity index (χ1n) is 10.6. The summed E-state index contributed by atoms with van der Waals surface area (Å²) in [6, 6.07) is 16.1. The molecule has 0 spiro atoms.